The maximum absolute atomic E-state index is 12.4. The number of para-hydroxylation sites is 1. The monoisotopic (exact) mass is 342 g/mol. The molecule has 0 saturated heterocycles. The molecule has 130 valence electrons. The third kappa shape index (κ3) is 4.18. The van der Waals surface area contributed by atoms with Crippen LogP contribution in [0.1, 0.15) is 26.3 Å². The summed E-state index contributed by atoms with van der Waals surface area (Å²) in [5, 5.41) is 19.2. The molecule has 0 fully saturated rings. The molecule has 1 aromatic heterocycles. The lowest BCUT2D eigenvalue weighted by Crippen LogP contribution is -2.26. The molecule has 0 amide bonds. The number of aliphatic hydroxyl groups is 1. The first kappa shape index (κ1) is 18.1. The maximum Gasteiger partial charge on any atom is 0.463 e. The average Bonchev–Trinajstić information content (AvgIpc) is 2.93. The van der Waals surface area contributed by atoms with E-state index in [0.29, 0.717) is 11.1 Å². The van der Waals surface area contributed by atoms with Crippen molar-refractivity contribution < 1.29 is 19.4 Å². The molecule has 0 aliphatic heterocycles. The smallest absolute Gasteiger partial charge is 0.463 e. The maximum atomic E-state index is 12.4. The largest absolute Gasteiger partial charge is 0.475 e. The quantitative estimate of drug-likeness (QED) is 0.497. The minimum atomic E-state index is -0.617. The van der Waals surface area contributed by atoms with Crippen LogP contribution in [-0.2, 0) is 9.47 Å². The van der Waals surface area contributed by atoms with Gasteiger partial charge in [0.15, 0.2) is 4.98 Å². The highest BCUT2D eigenvalue weighted by atomic mass is 16.6. The van der Waals surface area contributed by atoms with Crippen LogP contribution in [0.15, 0.2) is 48.2 Å². The molecule has 0 atom stereocenters. The Hall–Kier alpha value is -3.27. The molecule has 0 bridgehead atoms. The van der Waals surface area contributed by atoms with E-state index in [1.165, 1.54) is 17.8 Å². The summed E-state index contributed by atoms with van der Waals surface area (Å²) >= 11 is 0. The van der Waals surface area contributed by atoms with Crippen molar-refractivity contribution in [1.29, 1.82) is 5.39 Å². The van der Waals surface area contributed by atoms with Crippen LogP contribution in [-0.4, -0.2) is 28.5 Å². The van der Waals surface area contributed by atoms with Gasteiger partial charge in [-0.1, -0.05) is 18.2 Å². The van der Waals surface area contributed by atoms with Gasteiger partial charge in [0.2, 0.25) is 5.39 Å². The van der Waals surface area contributed by atoms with Crippen LogP contribution in [0, 0.1) is 5.39 Å². The number of hydrogen-bond donors (Lipinski definition) is 1. The number of benzene rings is 1. The van der Waals surface area contributed by atoms with E-state index < -0.39 is 17.6 Å². The van der Waals surface area contributed by atoms with Gasteiger partial charge in [0, 0.05) is 23.2 Å². The van der Waals surface area contributed by atoms with Crippen LogP contribution in [0.25, 0.3) is 22.0 Å². The number of diazo groups is 1. The van der Waals surface area contributed by atoms with Crippen molar-refractivity contribution in [3.63, 3.8) is 0 Å². The summed E-state index contributed by atoms with van der Waals surface area (Å²) in [5.41, 5.74) is 0.607. The molecule has 0 aliphatic carbocycles. The normalized spacial score (nSPS) is 12.8. The summed E-state index contributed by atoms with van der Waals surface area (Å²) in [6.45, 7) is 5.39. The summed E-state index contributed by atoms with van der Waals surface area (Å²) in [5.74, 6) is -0.519. The van der Waals surface area contributed by atoms with E-state index in [0.717, 1.165) is 5.39 Å². The molecule has 0 aliphatic rings. The van der Waals surface area contributed by atoms with Crippen LogP contribution in [0.5, 0.6) is 0 Å². The predicted molar refractivity (Wildman–Crippen MR) is 94.4 cm³/mol. The lowest BCUT2D eigenvalue weighted by atomic mass is 10.1. The van der Waals surface area contributed by atoms with Crippen molar-refractivity contribution in [1.82, 2.24) is 4.57 Å². The molecule has 0 saturated carbocycles. The molecular formula is C18H20N3O4+. The first-order valence-corrected chi connectivity index (χ1v) is 7.60. The van der Waals surface area contributed by atoms with E-state index in [9.17, 15) is 9.90 Å². The number of aliphatic hydroxyl groups excluding tert-OH is 1. The van der Waals surface area contributed by atoms with Gasteiger partial charge in [-0.2, -0.15) is 0 Å². The SMILES string of the molecule is CO/C(O)=C(\C=C\c1cn(C(=O)OC(C)(C)C)c2ccccc12)[N+]#N. The Morgan fingerprint density at radius 3 is 2.60 bits per heavy atom. The van der Waals surface area contributed by atoms with Crippen LogP contribution in [0.3, 0.4) is 0 Å². The third-order valence-corrected chi connectivity index (χ3v) is 3.27. The van der Waals surface area contributed by atoms with Crippen molar-refractivity contribution in [2.75, 3.05) is 7.11 Å². The van der Waals surface area contributed by atoms with E-state index in [4.69, 9.17) is 10.1 Å². The number of ether oxygens (including phenoxy) is 2. The molecule has 0 unspecified atom stereocenters. The van der Waals surface area contributed by atoms with Crippen LogP contribution in [0.4, 0.5) is 4.79 Å². The summed E-state index contributed by atoms with van der Waals surface area (Å²) < 4.78 is 11.5. The highest BCUT2D eigenvalue weighted by Crippen LogP contribution is 2.24. The molecule has 1 N–H and O–H groups in total. The van der Waals surface area contributed by atoms with Gasteiger partial charge < -0.3 is 14.6 Å². The fourth-order valence-corrected chi connectivity index (χ4v) is 2.22. The van der Waals surface area contributed by atoms with Gasteiger partial charge in [-0.15, -0.1) is 0 Å². The Bertz CT molecular complexity index is 895. The zero-order valence-electron chi connectivity index (χ0n) is 14.6. The first-order valence-electron chi connectivity index (χ1n) is 7.60. The summed E-state index contributed by atoms with van der Waals surface area (Å²) in [7, 11) is 1.25. The Kier molecular flexibility index (Phi) is 5.13. The predicted octanol–water partition coefficient (Wildman–Crippen LogP) is 4.66. The topological polar surface area (TPSA) is 88.8 Å². The van der Waals surface area contributed by atoms with Crippen molar-refractivity contribution in [2.24, 2.45) is 0 Å². The molecule has 2 aromatic rings. The van der Waals surface area contributed by atoms with Crippen molar-refractivity contribution in [2.45, 2.75) is 26.4 Å². The number of methoxy groups -OCH3 is 1. The molecule has 0 spiro atoms. The second kappa shape index (κ2) is 7.09. The van der Waals surface area contributed by atoms with E-state index in [1.807, 2.05) is 18.2 Å². The second-order valence-corrected chi connectivity index (χ2v) is 6.28. The summed E-state index contributed by atoms with van der Waals surface area (Å²) in [6, 6.07) is 7.32. The highest BCUT2D eigenvalue weighted by Gasteiger charge is 2.21. The fraction of sp³-hybridized carbons (Fsp3) is 0.278. The van der Waals surface area contributed by atoms with Crippen LogP contribution >= 0.6 is 0 Å². The number of allylic oxidation sites excluding steroid dienone is 1. The van der Waals surface area contributed by atoms with Gasteiger partial charge in [-0.3, -0.25) is 4.57 Å². The van der Waals surface area contributed by atoms with E-state index in [-0.39, 0.29) is 5.70 Å². The number of aromatic nitrogens is 1. The average molecular weight is 342 g/mol. The lowest BCUT2D eigenvalue weighted by Gasteiger charge is -2.19. The molecule has 7 nitrogen and oxygen atoms in total. The Morgan fingerprint density at radius 1 is 1.32 bits per heavy atom. The van der Waals surface area contributed by atoms with Crippen LogP contribution in [0.2, 0.25) is 0 Å². The summed E-state index contributed by atoms with van der Waals surface area (Å²) in [6.07, 6.45) is 4.10. The van der Waals surface area contributed by atoms with E-state index in [1.54, 1.807) is 39.1 Å². The second-order valence-electron chi connectivity index (χ2n) is 6.28. The Morgan fingerprint density at radius 2 is 2.00 bits per heavy atom. The number of rotatable bonds is 3. The molecule has 1 aromatic carbocycles. The number of carbonyl (C=O) groups excluding carboxylic acids is 1. The number of nitrogens with zero attached hydrogens (tertiary/aromatic N) is 3. The Balaban J connectivity index is 2.50. The number of carbonyl (C=O) groups is 1. The van der Waals surface area contributed by atoms with Crippen molar-refractivity contribution in [3.05, 3.63) is 58.7 Å². The van der Waals surface area contributed by atoms with Crippen molar-refractivity contribution in [3.8, 4) is 0 Å². The zero-order valence-corrected chi connectivity index (χ0v) is 14.6. The van der Waals surface area contributed by atoms with Gasteiger partial charge in [0.05, 0.1) is 12.6 Å². The lowest BCUT2D eigenvalue weighted by molar-refractivity contribution is 0.0544. The minimum Gasteiger partial charge on any atom is -0.475 e. The van der Waals surface area contributed by atoms with Gasteiger partial charge in [0.25, 0.3) is 0 Å². The van der Waals surface area contributed by atoms with Crippen molar-refractivity contribution >= 4 is 23.1 Å². The standard InChI is InChI=1S/C18H19N3O4/c1-18(2,3)25-17(23)21-11-12(13-7-5-6-8-15(13)21)9-10-14(20-19)16(22)24-4/h5-11H,1-4H3/p+1/b10-9+,16-14+. The highest BCUT2D eigenvalue weighted by molar-refractivity contribution is 5.95. The fourth-order valence-electron chi connectivity index (χ4n) is 2.22. The molecular weight excluding hydrogens is 322 g/mol. The molecule has 25 heavy (non-hydrogen) atoms. The van der Waals surface area contributed by atoms with Crippen LogP contribution < -0.4 is 0 Å². The van der Waals surface area contributed by atoms with E-state index >= 15 is 0 Å². The zero-order chi connectivity index (χ0) is 18.6. The molecule has 1 heterocycles. The van der Waals surface area contributed by atoms with Gasteiger partial charge in [-0.05, 0) is 32.9 Å². The summed E-state index contributed by atoms with van der Waals surface area (Å²) in [4.78, 5) is 15.4. The Labute approximate surface area is 145 Å². The number of fused-ring (bicyclic) bond motifs is 1. The van der Waals surface area contributed by atoms with Gasteiger partial charge in [-0.25, -0.2) is 4.79 Å². The third-order valence-electron chi connectivity index (χ3n) is 3.27. The first-order chi connectivity index (χ1) is 11.8. The van der Waals surface area contributed by atoms with Gasteiger partial charge >= 0.3 is 17.7 Å². The molecule has 2 rings (SSSR count). The molecule has 0 radical (unpaired) electrons. The minimum absolute atomic E-state index is 0.142. The molecule has 7 heteroatoms. The van der Waals surface area contributed by atoms with E-state index in [2.05, 4.69) is 9.71 Å². The number of hydrogen-bond acceptors (Lipinski definition) is 5. The van der Waals surface area contributed by atoms with Gasteiger partial charge in [0.1, 0.15) is 5.60 Å².